The fourth-order valence-electron chi connectivity index (χ4n) is 3.24. The lowest BCUT2D eigenvalue weighted by Crippen LogP contribution is -2.37. The minimum absolute atomic E-state index is 0.0293. The Kier molecular flexibility index (Phi) is 5.42. The third kappa shape index (κ3) is 4.23. The lowest BCUT2D eigenvalue weighted by molar-refractivity contribution is -0.383. The van der Waals surface area contributed by atoms with Crippen molar-refractivity contribution in [2.24, 2.45) is 0 Å². The van der Waals surface area contributed by atoms with Crippen LogP contribution in [-0.2, 0) is 4.79 Å². The normalized spacial score (nSPS) is 15.5. The van der Waals surface area contributed by atoms with Gasteiger partial charge >= 0.3 is 0 Å². The number of benzene rings is 1. The highest BCUT2D eigenvalue weighted by molar-refractivity contribution is 5.92. The number of rotatable bonds is 5. The van der Waals surface area contributed by atoms with Crippen molar-refractivity contribution in [3.05, 3.63) is 40.6 Å². The fraction of sp³-hybridized carbons (Fsp3) is 0.444. The molecular formula is C18H21N3O4. The average molecular weight is 343 g/mol. The molecule has 1 aromatic carbocycles. The zero-order valence-electron chi connectivity index (χ0n) is 13.9. The molecule has 1 fully saturated rings. The minimum atomic E-state index is -0.452. The van der Waals surface area contributed by atoms with Crippen LogP contribution in [0.1, 0.15) is 38.5 Å². The summed E-state index contributed by atoms with van der Waals surface area (Å²) in [5.74, 6) is 0.201. The summed E-state index contributed by atoms with van der Waals surface area (Å²) in [7, 11) is 0. The number of non-ortho nitro benzene ring substituents is 1. The molecule has 1 N–H and O–H groups in total. The number of ether oxygens (including phenoxy) is 1. The van der Waals surface area contributed by atoms with E-state index in [0.29, 0.717) is 16.7 Å². The van der Waals surface area contributed by atoms with Crippen molar-refractivity contribution in [2.75, 3.05) is 6.61 Å². The highest BCUT2D eigenvalue weighted by Gasteiger charge is 2.18. The van der Waals surface area contributed by atoms with Crippen LogP contribution in [0.15, 0.2) is 30.5 Å². The Bertz CT molecular complexity index is 770. The first kappa shape index (κ1) is 17.1. The Morgan fingerprint density at radius 3 is 2.72 bits per heavy atom. The van der Waals surface area contributed by atoms with Crippen LogP contribution in [0.4, 0.5) is 5.69 Å². The zero-order valence-corrected chi connectivity index (χ0v) is 13.9. The molecule has 1 saturated carbocycles. The number of nitro benzene ring substituents is 1. The van der Waals surface area contributed by atoms with Gasteiger partial charge in [0.2, 0.25) is 0 Å². The van der Waals surface area contributed by atoms with Gasteiger partial charge in [-0.3, -0.25) is 19.9 Å². The molecule has 3 rings (SSSR count). The Morgan fingerprint density at radius 1 is 1.24 bits per heavy atom. The standard InChI is InChI=1S/C18H21N3O4/c22-17(20-13-6-3-1-2-4-7-13)12-25-16-10-9-15(21(23)24)14-8-5-11-19-18(14)16/h5,8-11,13H,1-4,6-7,12H2,(H,20,22). The quantitative estimate of drug-likeness (QED) is 0.510. The van der Waals surface area contributed by atoms with E-state index in [1.165, 1.54) is 25.0 Å². The molecule has 1 heterocycles. The average Bonchev–Trinajstić information content (AvgIpc) is 2.88. The van der Waals surface area contributed by atoms with E-state index < -0.39 is 4.92 Å². The first-order valence-corrected chi connectivity index (χ1v) is 8.59. The van der Waals surface area contributed by atoms with Gasteiger partial charge in [-0.05, 0) is 31.0 Å². The molecule has 0 radical (unpaired) electrons. The van der Waals surface area contributed by atoms with Gasteiger partial charge in [-0.1, -0.05) is 25.7 Å². The molecule has 0 bridgehead atoms. The summed E-state index contributed by atoms with van der Waals surface area (Å²) >= 11 is 0. The summed E-state index contributed by atoms with van der Waals surface area (Å²) in [6, 6.07) is 6.34. The van der Waals surface area contributed by atoms with Crippen molar-refractivity contribution in [3.8, 4) is 5.75 Å². The first-order valence-electron chi connectivity index (χ1n) is 8.59. The van der Waals surface area contributed by atoms with Gasteiger partial charge < -0.3 is 10.1 Å². The third-order valence-corrected chi connectivity index (χ3v) is 4.49. The smallest absolute Gasteiger partial charge is 0.279 e. The van der Waals surface area contributed by atoms with E-state index >= 15 is 0 Å². The number of nitrogens with zero attached hydrogens (tertiary/aromatic N) is 2. The third-order valence-electron chi connectivity index (χ3n) is 4.49. The number of carbonyl (C=O) groups excluding carboxylic acids is 1. The predicted octanol–water partition coefficient (Wildman–Crippen LogP) is 3.36. The number of hydrogen-bond donors (Lipinski definition) is 1. The van der Waals surface area contributed by atoms with E-state index in [-0.39, 0.29) is 24.2 Å². The highest BCUT2D eigenvalue weighted by atomic mass is 16.6. The Hall–Kier alpha value is -2.70. The van der Waals surface area contributed by atoms with Crippen LogP contribution in [-0.4, -0.2) is 28.5 Å². The summed E-state index contributed by atoms with van der Waals surface area (Å²) in [5.41, 5.74) is 0.359. The number of nitrogens with one attached hydrogen (secondary N) is 1. The molecule has 1 aromatic heterocycles. The van der Waals surface area contributed by atoms with Gasteiger partial charge in [0.15, 0.2) is 6.61 Å². The van der Waals surface area contributed by atoms with E-state index in [2.05, 4.69) is 10.3 Å². The van der Waals surface area contributed by atoms with Gasteiger partial charge in [-0.25, -0.2) is 0 Å². The molecular weight excluding hydrogens is 322 g/mol. The molecule has 1 aliphatic carbocycles. The predicted molar refractivity (Wildman–Crippen MR) is 93.5 cm³/mol. The molecule has 7 heteroatoms. The summed E-state index contributed by atoms with van der Waals surface area (Å²) in [6.07, 6.45) is 8.30. The molecule has 1 aliphatic rings. The topological polar surface area (TPSA) is 94.4 Å². The number of hydrogen-bond acceptors (Lipinski definition) is 5. The monoisotopic (exact) mass is 343 g/mol. The number of amides is 1. The van der Waals surface area contributed by atoms with Gasteiger partial charge in [-0.15, -0.1) is 0 Å². The number of nitro groups is 1. The Labute approximate surface area is 145 Å². The van der Waals surface area contributed by atoms with Crippen LogP contribution < -0.4 is 10.1 Å². The molecule has 2 aromatic rings. The van der Waals surface area contributed by atoms with Crippen molar-refractivity contribution in [3.63, 3.8) is 0 Å². The van der Waals surface area contributed by atoms with Crippen molar-refractivity contribution >= 4 is 22.5 Å². The molecule has 7 nitrogen and oxygen atoms in total. The van der Waals surface area contributed by atoms with Crippen LogP contribution in [0.5, 0.6) is 5.75 Å². The summed E-state index contributed by atoms with van der Waals surface area (Å²) in [6.45, 7) is -0.125. The fourth-order valence-corrected chi connectivity index (χ4v) is 3.24. The minimum Gasteiger partial charge on any atom is -0.481 e. The SMILES string of the molecule is O=C(COc1ccc([N+](=O)[O-])c2cccnc12)NC1CCCCCC1. The van der Waals surface area contributed by atoms with Crippen LogP contribution >= 0.6 is 0 Å². The molecule has 0 aliphatic heterocycles. The highest BCUT2D eigenvalue weighted by Crippen LogP contribution is 2.31. The summed E-state index contributed by atoms with van der Waals surface area (Å²) < 4.78 is 5.59. The van der Waals surface area contributed by atoms with Crippen LogP contribution in [0.2, 0.25) is 0 Å². The second kappa shape index (κ2) is 7.92. The maximum atomic E-state index is 12.1. The number of fused-ring (bicyclic) bond motifs is 1. The van der Waals surface area contributed by atoms with E-state index in [0.717, 1.165) is 25.7 Å². The lowest BCUT2D eigenvalue weighted by Gasteiger charge is -2.16. The van der Waals surface area contributed by atoms with E-state index in [1.807, 2.05) is 0 Å². The molecule has 0 spiro atoms. The van der Waals surface area contributed by atoms with Gasteiger partial charge in [0.05, 0.1) is 10.3 Å². The van der Waals surface area contributed by atoms with E-state index in [1.54, 1.807) is 18.3 Å². The van der Waals surface area contributed by atoms with Crippen LogP contribution in [0.3, 0.4) is 0 Å². The molecule has 1 amide bonds. The van der Waals surface area contributed by atoms with Crippen LogP contribution in [0, 0.1) is 10.1 Å². The molecule has 25 heavy (non-hydrogen) atoms. The van der Waals surface area contributed by atoms with Crippen molar-refractivity contribution in [2.45, 2.75) is 44.6 Å². The molecule has 132 valence electrons. The number of pyridine rings is 1. The second-order valence-corrected chi connectivity index (χ2v) is 6.28. The van der Waals surface area contributed by atoms with Crippen molar-refractivity contribution < 1.29 is 14.5 Å². The second-order valence-electron chi connectivity index (χ2n) is 6.28. The maximum Gasteiger partial charge on any atom is 0.279 e. The van der Waals surface area contributed by atoms with E-state index in [9.17, 15) is 14.9 Å². The molecule has 0 unspecified atom stereocenters. The Morgan fingerprint density at radius 2 is 2.00 bits per heavy atom. The van der Waals surface area contributed by atoms with Gasteiger partial charge in [0.1, 0.15) is 11.3 Å². The lowest BCUT2D eigenvalue weighted by atomic mass is 10.1. The molecule has 0 saturated heterocycles. The van der Waals surface area contributed by atoms with Crippen molar-refractivity contribution in [1.29, 1.82) is 0 Å². The van der Waals surface area contributed by atoms with E-state index in [4.69, 9.17) is 4.74 Å². The first-order chi connectivity index (χ1) is 12.1. The van der Waals surface area contributed by atoms with Crippen LogP contribution in [0.25, 0.3) is 10.9 Å². The van der Waals surface area contributed by atoms with Crippen molar-refractivity contribution in [1.82, 2.24) is 10.3 Å². The Balaban J connectivity index is 1.68. The van der Waals surface area contributed by atoms with Gasteiger partial charge in [0, 0.05) is 18.3 Å². The maximum absolute atomic E-state index is 12.1. The summed E-state index contributed by atoms with van der Waals surface area (Å²) in [4.78, 5) is 27.0. The summed E-state index contributed by atoms with van der Waals surface area (Å²) in [5, 5.41) is 14.5. The van der Waals surface area contributed by atoms with Gasteiger partial charge in [-0.2, -0.15) is 0 Å². The van der Waals surface area contributed by atoms with Gasteiger partial charge in [0.25, 0.3) is 11.6 Å². The molecule has 0 atom stereocenters. The largest absolute Gasteiger partial charge is 0.481 e. The number of aromatic nitrogens is 1. The number of carbonyl (C=O) groups is 1. The zero-order chi connectivity index (χ0) is 17.6.